The standard InChI is InChI=1S/C14H18N2O2S/c15-7-8-18-14-3-1-12(2-4-14)11-16-13-5-9-19(17)10-6-13/h1-4,13,16H,5-6,8-11H2. The van der Waals surface area contributed by atoms with E-state index in [1.165, 1.54) is 5.56 Å². The molecule has 1 fully saturated rings. The first kappa shape index (κ1) is 14.0. The molecule has 102 valence electrons. The molecule has 0 radical (unpaired) electrons. The SMILES string of the molecule is N#CCOc1ccc(CNC2CCS(=O)CC2)cc1. The Labute approximate surface area is 116 Å². The number of rotatable bonds is 5. The smallest absolute Gasteiger partial charge is 0.174 e. The van der Waals surface area contributed by atoms with E-state index in [1.807, 2.05) is 30.3 Å². The first-order chi connectivity index (χ1) is 9.28. The molecule has 0 atom stereocenters. The molecule has 1 aromatic rings. The largest absolute Gasteiger partial charge is 0.479 e. The van der Waals surface area contributed by atoms with Crippen molar-refractivity contribution in [3.63, 3.8) is 0 Å². The number of hydrogen-bond donors (Lipinski definition) is 1. The lowest BCUT2D eigenvalue weighted by Gasteiger charge is -2.22. The molecule has 2 rings (SSSR count). The number of hydrogen-bond acceptors (Lipinski definition) is 4. The van der Waals surface area contributed by atoms with Gasteiger partial charge in [0, 0.05) is 34.9 Å². The van der Waals surface area contributed by atoms with E-state index >= 15 is 0 Å². The summed E-state index contributed by atoms with van der Waals surface area (Å²) in [6.07, 6.45) is 1.99. The zero-order valence-electron chi connectivity index (χ0n) is 10.8. The summed E-state index contributed by atoms with van der Waals surface area (Å²) in [7, 11) is -0.598. The van der Waals surface area contributed by atoms with Gasteiger partial charge in [0.1, 0.15) is 11.8 Å². The van der Waals surface area contributed by atoms with E-state index in [0.29, 0.717) is 6.04 Å². The van der Waals surface area contributed by atoms with E-state index in [1.54, 1.807) is 0 Å². The summed E-state index contributed by atoms with van der Waals surface area (Å²) in [5.74, 6) is 2.36. The van der Waals surface area contributed by atoms with Crippen molar-refractivity contribution in [2.24, 2.45) is 0 Å². The van der Waals surface area contributed by atoms with Gasteiger partial charge in [0.25, 0.3) is 0 Å². The average molecular weight is 278 g/mol. The van der Waals surface area contributed by atoms with Crippen LogP contribution >= 0.6 is 0 Å². The summed E-state index contributed by atoms with van der Waals surface area (Å²) in [6, 6.07) is 10.2. The quantitative estimate of drug-likeness (QED) is 0.888. The van der Waals surface area contributed by atoms with Crippen LogP contribution in [0.1, 0.15) is 18.4 Å². The molecule has 4 nitrogen and oxygen atoms in total. The zero-order chi connectivity index (χ0) is 13.5. The molecule has 0 spiro atoms. The molecule has 1 heterocycles. The minimum absolute atomic E-state index is 0.0802. The van der Waals surface area contributed by atoms with Crippen LogP contribution in [-0.2, 0) is 17.3 Å². The normalized spacial score (nSPS) is 22.7. The van der Waals surface area contributed by atoms with Crippen molar-refractivity contribution in [2.45, 2.75) is 25.4 Å². The number of nitrogens with one attached hydrogen (secondary N) is 1. The van der Waals surface area contributed by atoms with Crippen LogP contribution in [0.2, 0.25) is 0 Å². The molecule has 0 amide bonds. The van der Waals surface area contributed by atoms with Crippen molar-refractivity contribution >= 4 is 10.8 Å². The van der Waals surface area contributed by atoms with Gasteiger partial charge in [0.2, 0.25) is 0 Å². The minimum Gasteiger partial charge on any atom is -0.479 e. The third kappa shape index (κ3) is 4.66. The maximum Gasteiger partial charge on any atom is 0.174 e. The van der Waals surface area contributed by atoms with Gasteiger partial charge in [-0.3, -0.25) is 4.21 Å². The first-order valence-electron chi connectivity index (χ1n) is 6.45. The van der Waals surface area contributed by atoms with Crippen LogP contribution in [0.25, 0.3) is 0 Å². The highest BCUT2D eigenvalue weighted by Gasteiger charge is 2.16. The highest BCUT2D eigenvalue weighted by molar-refractivity contribution is 7.85. The monoisotopic (exact) mass is 278 g/mol. The summed E-state index contributed by atoms with van der Waals surface area (Å²) in [6.45, 7) is 0.895. The first-order valence-corrected chi connectivity index (χ1v) is 7.94. The highest BCUT2D eigenvalue weighted by atomic mass is 32.2. The van der Waals surface area contributed by atoms with Crippen LogP contribution in [0.5, 0.6) is 5.75 Å². The van der Waals surface area contributed by atoms with E-state index < -0.39 is 10.8 Å². The van der Waals surface area contributed by atoms with Gasteiger partial charge in [-0.05, 0) is 30.5 Å². The van der Waals surface area contributed by atoms with Gasteiger partial charge in [-0.25, -0.2) is 0 Å². The predicted molar refractivity (Wildman–Crippen MR) is 75.3 cm³/mol. The average Bonchev–Trinajstić information content (AvgIpc) is 2.46. The van der Waals surface area contributed by atoms with Crippen molar-refractivity contribution < 1.29 is 8.95 Å². The van der Waals surface area contributed by atoms with Gasteiger partial charge in [-0.15, -0.1) is 0 Å². The molecule has 0 saturated carbocycles. The minimum atomic E-state index is -0.598. The molecule has 0 aliphatic carbocycles. The Morgan fingerprint density at radius 3 is 2.63 bits per heavy atom. The summed E-state index contributed by atoms with van der Waals surface area (Å²) in [5.41, 5.74) is 1.19. The van der Waals surface area contributed by atoms with Gasteiger partial charge in [-0.2, -0.15) is 5.26 Å². The molecule has 1 aliphatic rings. The number of ether oxygens (including phenoxy) is 1. The molecule has 5 heteroatoms. The lowest BCUT2D eigenvalue weighted by atomic mass is 10.1. The van der Waals surface area contributed by atoms with Gasteiger partial charge in [0.05, 0.1) is 0 Å². The van der Waals surface area contributed by atoms with Crippen LogP contribution in [0, 0.1) is 11.3 Å². The van der Waals surface area contributed by atoms with Crippen LogP contribution in [0.3, 0.4) is 0 Å². The summed E-state index contributed by atoms with van der Waals surface area (Å²) >= 11 is 0. The van der Waals surface area contributed by atoms with E-state index in [4.69, 9.17) is 10.00 Å². The van der Waals surface area contributed by atoms with E-state index in [2.05, 4.69) is 5.32 Å². The fourth-order valence-corrected chi connectivity index (χ4v) is 3.38. The summed E-state index contributed by atoms with van der Waals surface area (Å²) < 4.78 is 16.5. The Bertz CT molecular complexity index is 457. The molecule has 0 unspecified atom stereocenters. The Morgan fingerprint density at radius 2 is 2.00 bits per heavy atom. The van der Waals surface area contributed by atoms with Crippen molar-refractivity contribution in [3.8, 4) is 11.8 Å². The molecule has 0 aromatic heterocycles. The number of benzene rings is 1. The maximum atomic E-state index is 11.3. The lowest BCUT2D eigenvalue weighted by Crippen LogP contribution is -2.35. The molecule has 1 aromatic carbocycles. The van der Waals surface area contributed by atoms with Gasteiger partial charge in [-0.1, -0.05) is 12.1 Å². The summed E-state index contributed by atoms with van der Waals surface area (Å²) in [4.78, 5) is 0. The highest BCUT2D eigenvalue weighted by Crippen LogP contribution is 2.13. The summed E-state index contributed by atoms with van der Waals surface area (Å²) in [5, 5.41) is 11.9. The molecular formula is C14H18N2O2S. The Hall–Kier alpha value is -1.38. The van der Waals surface area contributed by atoms with E-state index in [9.17, 15) is 4.21 Å². The molecular weight excluding hydrogens is 260 g/mol. The van der Waals surface area contributed by atoms with Crippen molar-refractivity contribution in [2.75, 3.05) is 18.1 Å². The molecule has 1 saturated heterocycles. The van der Waals surface area contributed by atoms with E-state index in [0.717, 1.165) is 36.6 Å². The molecule has 19 heavy (non-hydrogen) atoms. The second kappa shape index (κ2) is 7.27. The number of nitriles is 1. The van der Waals surface area contributed by atoms with Crippen LogP contribution in [0.15, 0.2) is 24.3 Å². The van der Waals surface area contributed by atoms with Crippen molar-refractivity contribution in [1.82, 2.24) is 5.32 Å². The molecule has 1 N–H and O–H groups in total. The molecule has 1 aliphatic heterocycles. The van der Waals surface area contributed by atoms with Crippen molar-refractivity contribution in [3.05, 3.63) is 29.8 Å². The van der Waals surface area contributed by atoms with E-state index in [-0.39, 0.29) is 6.61 Å². The second-order valence-electron chi connectivity index (χ2n) is 4.59. The van der Waals surface area contributed by atoms with Gasteiger partial charge >= 0.3 is 0 Å². The van der Waals surface area contributed by atoms with Crippen LogP contribution in [0.4, 0.5) is 0 Å². The fourth-order valence-electron chi connectivity index (χ4n) is 2.08. The van der Waals surface area contributed by atoms with Gasteiger partial charge < -0.3 is 10.1 Å². The van der Waals surface area contributed by atoms with Crippen LogP contribution < -0.4 is 10.1 Å². The fraction of sp³-hybridized carbons (Fsp3) is 0.500. The molecule has 0 bridgehead atoms. The third-order valence-corrected chi connectivity index (χ3v) is 4.59. The third-order valence-electron chi connectivity index (χ3n) is 3.21. The zero-order valence-corrected chi connectivity index (χ0v) is 11.6. The van der Waals surface area contributed by atoms with Crippen molar-refractivity contribution in [1.29, 1.82) is 5.26 Å². The van der Waals surface area contributed by atoms with Gasteiger partial charge in [0.15, 0.2) is 6.61 Å². The predicted octanol–water partition coefficient (Wildman–Crippen LogP) is 1.59. The Kier molecular flexibility index (Phi) is 5.37. The van der Waals surface area contributed by atoms with Crippen LogP contribution in [-0.4, -0.2) is 28.4 Å². The Morgan fingerprint density at radius 1 is 1.32 bits per heavy atom. The lowest BCUT2D eigenvalue weighted by molar-refractivity contribution is 0.368. The topological polar surface area (TPSA) is 62.1 Å². The second-order valence-corrected chi connectivity index (χ2v) is 6.29. The maximum absolute atomic E-state index is 11.3. The number of nitrogens with zero attached hydrogens (tertiary/aromatic N) is 1. The Balaban J connectivity index is 1.77.